The van der Waals surface area contributed by atoms with Crippen molar-refractivity contribution in [2.75, 3.05) is 0 Å². The zero-order chi connectivity index (χ0) is 58.5. The topological polar surface area (TPSA) is 133 Å². The Hall–Kier alpha value is -4.24. The molecule has 9 fully saturated rings. The molecule has 12 heteroatoms. The van der Waals surface area contributed by atoms with Crippen LogP contribution in [0.5, 0.6) is 23.0 Å². The molecule has 0 spiro atoms. The van der Waals surface area contributed by atoms with E-state index in [-0.39, 0.29) is 95.4 Å². The second-order valence-electron chi connectivity index (χ2n) is 31.8. The first-order valence-electron chi connectivity index (χ1n) is 33.2. The van der Waals surface area contributed by atoms with E-state index in [1.54, 1.807) is 0 Å². The van der Waals surface area contributed by atoms with Gasteiger partial charge in [-0.15, -0.1) is 0 Å². The van der Waals surface area contributed by atoms with Crippen molar-refractivity contribution in [2.45, 2.75) is 256 Å². The predicted molar refractivity (Wildman–Crippen MR) is 337 cm³/mol. The van der Waals surface area contributed by atoms with E-state index in [1.165, 1.54) is 22.3 Å². The Morgan fingerprint density at radius 1 is 0.238 bits per heavy atom. The largest absolute Gasteiger partial charge is 0.490 e. The molecule has 12 atom stereocenters. The lowest BCUT2D eigenvalue weighted by molar-refractivity contribution is 0.0625. The molecule has 5 aliphatic heterocycles. The van der Waals surface area contributed by atoms with Gasteiger partial charge in [0.05, 0.1) is 73.7 Å². The van der Waals surface area contributed by atoms with Crippen molar-refractivity contribution in [3.05, 3.63) is 119 Å². The first-order valence-corrected chi connectivity index (χ1v) is 33.2. The minimum Gasteiger partial charge on any atom is -0.490 e. The third-order valence-electron chi connectivity index (χ3n) is 22.0. The lowest BCUT2D eigenvalue weighted by Crippen LogP contribution is -2.61. The van der Waals surface area contributed by atoms with Gasteiger partial charge in [0.1, 0.15) is 23.0 Å². The lowest BCUT2D eigenvalue weighted by atomic mass is 9.75. The number of benzene rings is 4. The van der Waals surface area contributed by atoms with Crippen LogP contribution in [0.3, 0.4) is 0 Å². The molecule has 12 unspecified atom stereocenters. The van der Waals surface area contributed by atoms with Gasteiger partial charge in [-0.2, -0.15) is 0 Å². The van der Waals surface area contributed by atoms with Crippen molar-refractivity contribution in [2.24, 2.45) is 47.3 Å². The van der Waals surface area contributed by atoms with Crippen LogP contribution in [0.4, 0.5) is 0 Å². The molecular weight excluding hydrogens is 1040 g/mol. The summed E-state index contributed by atoms with van der Waals surface area (Å²) in [6.07, 6.45) is 14.1. The molecule has 0 aromatic heterocycles. The number of rotatable bonds is 8. The number of hydrogen-bond acceptors (Lipinski definition) is 12. The van der Waals surface area contributed by atoms with E-state index in [9.17, 15) is 0 Å². The van der Waals surface area contributed by atoms with Gasteiger partial charge in [0.25, 0.3) is 0 Å². The molecular formula is C72H104N8O4. The second-order valence-corrected chi connectivity index (χ2v) is 31.8. The maximum atomic E-state index is 6.98. The summed E-state index contributed by atoms with van der Waals surface area (Å²) in [6.45, 7) is 27.4. The van der Waals surface area contributed by atoms with Crippen molar-refractivity contribution in [1.82, 2.24) is 42.5 Å². The van der Waals surface area contributed by atoms with Crippen molar-refractivity contribution >= 4 is 0 Å². The third-order valence-corrected chi connectivity index (χ3v) is 22.0. The summed E-state index contributed by atoms with van der Waals surface area (Å²) in [6, 6.07) is 35.7. The zero-order valence-electron chi connectivity index (χ0n) is 52.9. The molecule has 0 radical (unpaired) electrons. The van der Waals surface area contributed by atoms with Gasteiger partial charge in [0.15, 0.2) is 0 Å². The van der Waals surface area contributed by atoms with Crippen LogP contribution in [0.2, 0.25) is 0 Å². The molecule has 5 saturated heterocycles. The summed E-state index contributed by atoms with van der Waals surface area (Å²) in [5.74, 6) is 7.20. The van der Waals surface area contributed by atoms with Gasteiger partial charge < -0.3 is 18.9 Å². The van der Waals surface area contributed by atoms with Gasteiger partial charge in [-0.1, -0.05) is 132 Å². The fourth-order valence-electron chi connectivity index (χ4n) is 17.2. The summed E-state index contributed by atoms with van der Waals surface area (Å²) in [4.78, 5) is 0. The van der Waals surface area contributed by atoms with Gasteiger partial charge >= 0.3 is 0 Å². The molecule has 0 amide bonds. The molecule has 13 rings (SSSR count). The van der Waals surface area contributed by atoms with Crippen LogP contribution in [0.1, 0.15) is 182 Å². The Kier molecular flexibility index (Phi) is 16.1. The fourth-order valence-corrected chi connectivity index (χ4v) is 17.2. The normalized spacial score (nSPS) is 37.8. The van der Waals surface area contributed by atoms with E-state index >= 15 is 0 Å². The molecule has 4 aromatic rings. The van der Waals surface area contributed by atoms with E-state index in [0.29, 0.717) is 47.3 Å². The highest BCUT2D eigenvalue weighted by Gasteiger charge is 2.57. The van der Waals surface area contributed by atoms with Crippen LogP contribution in [0, 0.1) is 47.3 Å². The van der Waals surface area contributed by atoms with Crippen LogP contribution < -0.4 is 61.5 Å². The quantitative estimate of drug-likeness (QED) is 0.0854. The van der Waals surface area contributed by atoms with E-state index in [2.05, 4.69) is 223 Å². The first kappa shape index (κ1) is 58.8. The highest BCUT2D eigenvalue weighted by atomic mass is 16.5. The summed E-state index contributed by atoms with van der Waals surface area (Å²) >= 11 is 0. The van der Waals surface area contributed by atoms with Crippen LogP contribution in [-0.4, -0.2) is 73.7 Å². The van der Waals surface area contributed by atoms with E-state index in [4.69, 9.17) is 18.9 Å². The number of ether oxygens (including phenoxy) is 4. The molecule has 456 valence electrons. The highest BCUT2D eigenvalue weighted by Crippen LogP contribution is 2.48. The minimum absolute atomic E-state index is 0.0962. The SMILES string of the molecule is CC(C)(C)c1ccc(OC2CCC3C4NC(NC5NC(NC6NC(NC7NC(N4)C4CC(Oc8ccc(C(C)(C)C)cc8)CCC74)C4CC(Oc7ccc(C(C)(C)C)cc7)CCC64)C4CC(Oc6ccc(C(C)(C)C)cc6)CCC54)C3C2)cc1. The molecule has 84 heavy (non-hydrogen) atoms. The number of fused-ring (bicyclic) bond motifs is 20. The van der Waals surface area contributed by atoms with E-state index in [0.717, 1.165) is 100 Å². The van der Waals surface area contributed by atoms with Crippen molar-refractivity contribution < 1.29 is 18.9 Å². The van der Waals surface area contributed by atoms with E-state index < -0.39 is 0 Å². The molecule has 12 nitrogen and oxygen atoms in total. The summed E-state index contributed by atoms with van der Waals surface area (Å²) < 4.78 is 27.9. The molecule has 8 bridgehead atoms. The summed E-state index contributed by atoms with van der Waals surface area (Å²) in [5.41, 5.74) is 5.73. The summed E-state index contributed by atoms with van der Waals surface area (Å²) in [5, 5.41) is 35.0. The van der Waals surface area contributed by atoms with Gasteiger partial charge in [-0.25, -0.2) is 0 Å². The maximum absolute atomic E-state index is 6.98. The van der Waals surface area contributed by atoms with Crippen molar-refractivity contribution in [1.29, 1.82) is 0 Å². The zero-order valence-corrected chi connectivity index (χ0v) is 52.9. The molecule has 5 heterocycles. The Bertz CT molecular complexity index is 2470. The standard InChI is InChI=1S/C72H104N8O4/c1-69(2,3)41-13-21-45(22-14-41)81-49-29-33-53-57(37-49)65-73-61(53)78-66-59-39-51(83-47-25-17-43(18-26-47)71(7,8)9)31-35-55(59)63(75-66)80-68-60-40-52(84-48-27-19-44(20-28-48)72(10,11)12)32-36-56(60)64(76-68)79-67-58-38-50(30-34-54(58)62(74-67)77-65)82-46-23-15-42(16-24-46)70(4,5)6/h13-28,49-68,73-80H,29-40H2,1-12H3. The third kappa shape index (κ3) is 12.5. The minimum atomic E-state index is 0.0962. The van der Waals surface area contributed by atoms with Crippen LogP contribution in [0.15, 0.2) is 97.1 Å². The van der Waals surface area contributed by atoms with Gasteiger partial charge in [0, 0.05) is 0 Å². The second kappa shape index (κ2) is 23.0. The average molecular weight is 1150 g/mol. The molecule has 8 N–H and O–H groups in total. The predicted octanol–water partition coefficient (Wildman–Crippen LogP) is 12.0. The van der Waals surface area contributed by atoms with Gasteiger partial charge in [-0.05, 0) is 217 Å². The molecule has 4 saturated carbocycles. The first-order chi connectivity index (χ1) is 40.0. The van der Waals surface area contributed by atoms with Crippen LogP contribution in [-0.2, 0) is 21.7 Å². The molecule has 4 aromatic carbocycles. The maximum Gasteiger partial charge on any atom is 0.119 e. The smallest absolute Gasteiger partial charge is 0.119 e. The van der Waals surface area contributed by atoms with Crippen molar-refractivity contribution in [3.8, 4) is 23.0 Å². The average Bonchev–Trinajstić information content (AvgIpc) is 3.34. The van der Waals surface area contributed by atoms with Crippen LogP contribution >= 0.6 is 0 Å². The lowest BCUT2D eigenvalue weighted by Gasteiger charge is -2.39. The monoisotopic (exact) mass is 1140 g/mol. The molecule has 4 aliphatic carbocycles. The Balaban J connectivity index is 0.804. The number of hydrogen-bond donors (Lipinski definition) is 8. The van der Waals surface area contributed by atoms with E-state index in [1.807, 2.05) is 0 Å². The van der Waals surface area contributed by atoms with Crippen LogP contribution in [0.25, 0.3) is 0 Å². The van der Waals surface area contributed by atoms with Gasteiger partial charge in [-0.3, -0.25) is 42.5 Å². The Labute approximate surface area is 504 Å². The molecule has 9 aliphatic rings. The highest BCUT2D eigenvalue weighted by molar-refractivity contribution is 5.35. The fraction of sp³-hybridized carbons (Fsp3) is 0.667. The Morgan fingerprint density at radius 2 is 0.405 bits per heavy atom. The summed E-state index contributed by atoms with van der Waals surface area (Å²) in [7, 11) is 0. The Morgan fingerprint density at radius 3 is 0.571 bits per heavy atom. The van der Waals surface area contributed by atoms with Gasteiger partial charge in [0.2, 0.25) is 0 Å². The number of nitrogens with one attached hydrogen (secondary N) is 8. The van der Waals surface area contributed by atoms with Crippen molar-refractivity contribution in [3.63, 3.8) is 0 Å².